The number of urea groups is 1. The van der Waals surface area contributed by atoms with Crippen molar-refractivity contribution >= 4 is 11.7 Å². The molecule has 3 aromatic rings. The van der Waals surface area contributed by atoms with Crippen molar-refractivity contribution in [1.29, 1.82) is 0 Å². The van der Waals surface area contributed by atoms with Crippen molar-refractivity contribution in [1.82, 2.24) is 10.3 Å². The highest BCUT2D eigenvalue weighted by Crippen LogP contribution is 2.33. The Morgan fingerprint density at radius 1 is 0.960 bits per heavy atom. The summed E-state index contributed by atoms with van der Waals surface area (Å²) in [6.07, 6.45) is 2.51. The van der Waals surface area contributed by atoms with Crippen LogP contribution in [0.4, 0.5) is 10.5 Å². The molecule has 4 nitrogen and oxygen atoms in total. The number of pyridine rings is 1. The number of fused-ring (bicyclic) bond motifs is 1. The molecule has 0 radical (unpaired) electrons. The zero-order chi connectivity index (χ0) is 17.1. The first-order valence-electron chi connectivity index (χ1n) is 8.45. The van der Waals surface area contributed by atoms with Gasteiger partial charge in [-0.1, -0.05) is 48.5 Å². The zero-order valence-electron chi connectivity index (χ0n) is 13.9. The quantitative estimate of drug-likeness (QED) is 0.786. The fraction of sp³-hybridized carbons (Fsp3) is 0.143. The Balaban J connectivity index is 1.66. The molecule has 2 amide bonds. The predicted molar refractivity (Wildman–Crippen MR) is 99.4 cm³/mol. The first-order valence-corrected chi connectivity index (χ1v) is 8.45. The molecule has 1 aliphatic heterocycles. The normalized spacial score (nSPS) is 13.3. The maximum absolute atomic E-state index is 12.4. The minimum absolute atomic E-state index is 0.0476. The number of anilines is 1. The maximum Gasteiger partial charge on any atom is 0.322 e. The average molecular weight is 329 g/mol. The summed E-state index contributed by atoms with van der Waals surface area (Å²) < 4.78 is 0. The van der Waals surface area contributed by atoms with Gasteiger partial charge in [0.2, 0.25) is 0 Å². The highest BCUT2D eigenvalue weighted by atomic mass is 16.2. The summed E-state index contributed by atoms with van der Waals surface area (Å²) in [4.78, 5) is 18.6. The Morgan fingerprint density at radius 3 is 2.60 bits per heavy atom. The molecule has 2 heterocycles. The van der Waals surface area contributed by atoms with Crippen LogP contribution in [0.3, 0.4) is 0 Å². The van der Waals surface area contributed by atoms with E-state index < -0.39 is 0 Å². The lowest BCUT2D eigenvalue weighted by Gasteiger charge is -2.31. The van der Waals surface area contributed by atoms with Crippen LogP contribution in [-0.4, -0.2) is 17.6 Å². The molecule has 0 atom stereocenters. The topological polar surface area (TPSA) is 45.2 Å². The minimum atomic E-state index is -0.0476. The lowest BCUT2D eigenvalue weighted by atomic mass is 9.96. The molecule has 4 heteroatoms. The molecule has 1 aromatic heterocycles. The van der Waals surface area contributed by atoms with Gasteiger partial charge in [0.15, 0.2) is 0 Å². The van der Waals surface area contributed by atoms with Gasteiger partial charge in [0.25, 0.3) is 0 Å². The van der Waals surface area contributed by atoms with E-state index in [9.17, 15) is 4.79 Å². The number of rotatable bonds is 4. The number of nitrogens with zero attached hydrogens (tertiary/aromatic N) is 2. The van der Waals surface area contributed by atoms with Gasteiger partial charge in [0.1, 0.15) is 0 Å². The highest BCUT2D eigenvalue weighted by molar-refractivity contribution is 5.96. The van der Waals surface area contributed by atoms with E-state index in [1.54, 1.807) is 6.20 Å². The number of hydrogen-bond acceptors (Lipinski definition) is 2. The van der Waals surface area contributed by atoms with E-state index in [4.69, 9.17) is 0 Å². The molecule has 124 valence electrons. The van der Waals surface area contributed by atoms with Crippen LogP contribution in [0.2, 0.25) is 0 Å². The average Bonchev–Trinajstić information content (AvgIpc) is 2.68. The SMILES string of the molecule is O=C1NCc2c(-c3ccccc3)cccc2N1CCc1ccccn1. The van der Waals surface area contributed by atoms with E-state index in [1.807, 2.05) is 53.4 Å². The summed E-state index contributed by atoms with van der Waals surface area (Å²) in [5.41, 5.74) is 5.47. The van der Waals surface area contributed by atoms with Gasteiger partial charge >= 0.3 is 6.03 Å². The Hall–Kier alpha value is -3.14. The monoisotopic (exact) mass is 329 g/mol. The number of benzene rings is 2. The summed E-state index contributed by atoms with van der Waals surface area (Å²) in [6, 6.07) is 22.3. The van der Waals surface area contributed by atoms with Crippen molar-refractivity contribution in [2.45, 2.75) is 13.0 Å². The molecule has 1 aliphatic rings. The number of hydrogen-bond donors (Lipinski definition) is 1. The maximum atomic E-state index is 12.4. The van der Waals surface area contributed by atoms with Crippen LogP contribution < -0.4 is 10.2 Å². The summed E-state index contributed by atoms with van der Waals surface area (Å²) in [5.74, 6) is 0. The molecule has 1 N–H and O–H groups in total. The fourth-order valence-corrected chi connectivity index (χ4v) is 3.26. The Bertz CT molecular complexity index is 878. The van der Waals surface area contributed by atoms with Crippen molar-refractivity contribution in [2.75, 3.05) is 11.4 Å². The highest BCUT2D eigenvalue weighted by Gasteiger charge is 2.25. The number of nitrogens with one attached hydrogen (secondary N) is 1. The summed E-state index contributed by atoms with van der Waals surface area (Å²) in [5, 5.41) is 3.00. The Morgan fingerprint density at radius 2 is 1.80 bits per heavy atom. The Labute approximate surface area is 147 Å². The molecule has 0 saturated carbocycles. The van der Waals surface area contributed by atoms with Gasteiger partial charge in [0.05, 0.1) is 5.69 Å². The molecule has 0 bridgehead atoms. The van der Waals surface area contributed by atoms with Gasteiger partial charge in [-0.05, 0) is 29.3 Å². The third-order valence-electron chi connectivity index (χ3n) is 4.51. The van der Waals surface area contributed by atoms with E-state index >= 15 is 0 Å². The van der Waals surface area contributed by atoms with Crippen LogP contribution in [0.1, 0.15) is 11.3 Å². The summed E-state index contributed by atoms with van der Waals surface area (Å²) in [6.45, 7) is 1.16. The number of carbonyl (C=O) groups excluding carboxylic acids is 1. The lowest BCUT2D eigenvalue weighted by molar-refractivity contribution is 0.244. The smallest absolute Gasteiger partial charge is 0.322 e. The van der Waals surface area contributed by atoms with Crippen LogP contribution in [-0.2, 0) is 13.0 Å². The fourth-order valence-electron chi connectivity index (χ4n) is 3.26. The van der Waals surface area contributed by atoms with E-state index in [-0.39, 0.29) is 6.03 Å². The molecule has 2 aromatic carbocycles. The molecule has 0 spiro atoms. The second-order valence-corrected chi connectivity index (χ2v) is 6.05. The van der Waals surface area contributed by atoms with Crippen molar-refractivity contribution in [3.05, 3.63) is 84.2 Å². The van der Waals surface area contributed by atoms with Crippen molar-refractivity contribution in [2.24, 2.45) is 0 Å². The van der Waals surface area contributed by atoms with E-state index in [1.165, 1.54) is 11.1 Å². The van der Waals surface area contributed by atoms with Crippen molar-refractivity contribution in [3.63, 3.8) is 0 Å². The molecule has 0 unspecified atom stereocenters. The molecular weight excluding hydrogens is 310 g/mol. The van der Waals surface area contributed by atoms with E-state index in [0.29, 0.717) is 13.1 Å². The molecule has 0 saturated heterocycles. The van der Waals surface area contributed by atoms with Gasteiger partial charge in [-0.3, -0.25) is 9.88 Å². The molecule has 4 rings (SSSR count). The molecular formula is C21H19N3O. The lowest BCUT2D eigenvalue weighted by Crippen LogP contribution is -2.45. The molecule has 0 fully saturated rings. The van der Waals surface area contributed by atoms with Gasteiger partial charge in [-0.15, -0.1) is 0 Å². The summed E-state index contributed by atoms with van der Waals surface area (Å²) >= 11 is 0. The van der Waals surface area contributed by atoms with Gasteiger partial charge in [-0.2, -0.15) is 0 Å². The summed E-state index contributed by atoms with van der Waals surface area (Å²) in [7, 11) is 0. The van der Waals surface area contributed by atoms with Gasteiger partial charge < -0.3 is 5.32 Å². The third kappa shape index (κ3) is 3.11. The Kier molecular flexibility index (Phi) is 4.17. The van der Waals surface area contributed by atoms with Crippen LogP contribution in [0.25, 0.3) is 11.1 Å². The second kappa shape index (κ2) is 6.77. The van der Waals surface area contributed by atoms with Gasteiger partial charge in [0, 0.05) is 37.0 Å². The first-order chi connectivity index (χ1) is 12.3. The molecule has 25 heavy (non-hydrogen) atoms. The number of aromatic nitrogens is 1. The second-order valence-electron chi connectivity index (χ2n) is 6.05. The van der Waals surface area contributed by atoms with Crippen LogP contribution >= 0.6 is 0 Å². The third-order valence-corrected chi connectivity index (χ3v) is 4.51. The first kappa shape index (κ1) is 15.4. The number of carbonyl (C=O) groups is 1. The minimum Gasteiger partial charge on any atom is -0.334 e. The van der Waals surface area contributed by atoms with E-state index in [2.05, 4.69) is 28.5 Å². The van der Waals surface area contributed by atoms with Gasteiger partial charge in [-0.25, -0.2) is 4.79 Å². The molecule has 0 aliphatic carbocycles. The zero-order valence-corrected chi connectivity index (χ0v) is 13.9. The largest absolute Gasteiger partial charge is 0.334 e. The predicted octanol–water partition coefficient (Wildman–Crippen LogP) is 4.02. The standard InChI is InChI=1S/C21H19N3O/c25-21-23-15-19-18(16-7-2-1-3-8-16)10-6-11-20(19)24(21)14-12-17-9-4-5-13-22-17/h1-11,13H,12,14-15H2,(H,23,25). The van der Waals surface area contributed by atoms with E-state index in [0.717, 1.165) is 23.4 Å². The van der Waals surface area contributed by atoms with Crippen LogP contribution in [0.5, 0.6) is 0 Å². The van der Waals surface area contributed by atoms with Crippen LogP contribution in [0.15, 0.2) is 72.9 Å². The number of amides is 2. The van der Waals surface area contributed by atoms with Crippen molar-refractivity contribution < 1.29 is 4.79 Å². The van der Waals surface area contributed by atoms with Crippen molar-refractivity contribution in [3.8, 4) is 11.1 Å². The van der Waals surface area contributed by atoms with Crippen LogP contribution in [0, 0.1) is 0 Å².